The zero-order valence-electron chi connectivity index (χ0n) is 15.6. The summed E-state index contributed by atoms with van der Waals surface area (Å²) in [6.45, 7) is 1.74. The lowest BCUT2D eigenvalue weighted by molar-refractivity contribution is -0.455. The van der Waals surface area contributed by atoms with Crippen molar-refractivity contribution in [2.75, 3.05) is 29.7 Å². The maximum atomic E-state index is 12.8. The molecule has 1 heterocycles. The van der Waals surface area contributed by atoms with Gasteiger partial charge in [0.05, 0.1) is 4.90 Å². The number of hydrogen-bond donors (Lipinski definition) is 2. The first-order valence-electron chi connectivity index (χ1n) is 8.37. The van der Waals surface area contributed by atoms with Crippen molar-refractivity contribution >= 4 is 44.9 Å². The number of nitrogen functional groups attached to an aromatic ring is 1. The summed E-state index contributed by atoms with van der Waals surface area (Å²) in [6, 6.07) is 11.5. The second-order valence-corrected chi connectivity index (χ2v) is 7.95. The molecule has 2 aromatic carbocycles. The van der Waals surface area contributed by atoms with Crippen LogP contribution in [0.1, 0.15) is 12.5 Å². The van der Waals surface area contributed by atoms with Crippen LogP contribution in [0.4, 0.5) is 17.1 Å². The van der Waals surface area contributed by atoms with E-state index in [4.69, 9.17) is 5.73 Å². The summed E-state index contributed by atoms with van der Waals surface area (Å²) in [6.07, 6.45) is 1.74. The van der Waals surface area contributed by atoms with Crippen LogP contribution in [-0.2, 0) is 14.9 Å². The van der Waals surface area contributed by atoms with E-state index in [-0.39, 0.29) is 17.3 Å². The van der Waals surface area contributed by atoms with Crippen LogP contribution in [0.3, 0.4) is 0 Å². The molecule has 0 bridgehead atoms. The molecule has 0 atom stereocenters. The molecule has 1 amide bonds. The highest BCUT2D eigenvalue weighted by atomic mass is 32.2. The van der Waals surface area contributed by atoms with Gasteiger partial charge in [0, 0.05) is 32.4 Å². The van der Waals surface area contributed by atoms with E-state index in [0.29, 0.717) is 11.3 Å². The molecule has 3 N–H and O–H groups in total. The van der Waals surface area contributed by atoms with Crippen LogP contribution in [0.2, 0.25) is 0 Å². The Kier molecular flexibility index (Phi) is 4.97. The smallest absolute Gasteiger partial charge is 0.320 e. The number of benzene rings is 2. The number of anilines is 3. The Morgan fingerprint density at radius 1 is 1.14 bits per heavy atom. The average Bonchev–Trinajstić information content (AvgIpc) is 2.90. The Balaban J connectivity index is 1.95. The summed E-state index contributed by atoms with van der Waals surface area (Å²) in [7, 11) is -0.874. The Bertz CT molecular complexity index is 1100. The Labute approximate surface area is 163 Å². The molecule has 28 heavy (non-hydrogen) atoms. The van der Waals surface area contributed by atoms with E-state index in [1.807, 2.05) is 43.3 Å². The van der Waals surface area contributed by atoms with Gasteiger partial charge in [0.15, 0.2) is 0 Å². The van der Waals surface area contributed by atoms with Crippen LogP contribution in [0.5, 0.6) is 0 Å². The first-order chi connectivity index (χ1) is 13.1. The Morgan fingerprint density at radius 3 is 2.36 bits per heavy atom. The van der Waals surface area contributed by atoms with Crippen LogP contribution in [-0.4, -0.2) is 38.7 Å². The Hall–Kier alpha value is -3.17. The van der Waals surface area contributed by atoms with E-state index in [0.717, 1.165) is 17.3 Å². The van der Waals surface area contributed by atoms with Gasteiger partial charge >= 0.3 is 5.91 Å². The molecule has 9 heteroatoms. The number of hydrazine groups is 1. The molecule has 1 aliphatic rings. The molecule has 0 radical (unpaired) electrons. The first kappa shape index (κ1) is 19.6. The summed E-state index contributed by atoms with van der Waals surface area (Å²) in [4.78, 5) is 14.3. The minimum Gasteiger partial charge on any atom is -0.744 e. The van der Waals surface area contributed by atoms with Crippen LogP contribution in [0.15, 0.2) is 52.9 Å². The van der Waals surface area contributed by atoms with Crippen molar-refractivity contribution in [1.29, 1.82) is 0 Å². The van der Waals surface area contributed by atoms with Crippen molar-refractivity contribution in [3.8, 4) is 0 Å². The maximum Gasteiger partial charge on any atom is 0.320 e. The highest BCUT2D eigenvalue weighted by Crippen LogP contribution is 2.25. The lowest BCUT2D eigenvalue weighted by Crippen LogP contribution is -2.81. The first-order valence-corrected chi connectivity index (χ1v) is 9.78. The largest absolute Gasteiger partial charge is 0.744 e. The molecule has 0 fully saturated rings. The third-order valence-electron chi connectivity index (χ3n) is 4.36. The second-order valence-electron chi connectivity index (χ2n) is 6.60. The molecule has 146 valence electrons. The van der Waals surface area contributed by atoms with Crippen molar-refractivity contribution in [2.24, 2.45) is 0 Å². The number of carbonyl (C=O) groups excluding carboxylic acids is 1. The molecule has 0 aliphatic carbocycles. The zero-order chi connectivity index (χ0) is 20.6. The summed E-state index contributed by atoms with van der Waals surface area (Å²) < 4.78 is 34.1. The van der Waals surface area contributed by atoms with Crippen molar-refractivity contribution in [3.05, 3.63) is 53.6 Å². The quantitative estimate of drug-likeness (QED) is 0.427. The number of nitrogens with zero attached hydrogens (tertiary/aromatic N) is 2. The van der Waals surface area contributed by atoms with E-state index < -0.39 is 15.0 Å². The standard InChI is InChI=1S/C19H20N4O4S/c1-12-16(10-13-4-6-14(7-5-13)22(2)3)19(24)23(21-12)15-8-9-17(20)18(11-15)28(25,26)27/h4-11H,20H2,1-3H3,(H,25,26,27)/b16-10-. The molecule has 0 unspecified atom stereocenters. The van der Waals surface area contributed by atoms with Gasteiger partial charge in [-0.15, -0.1) is 5.10 Å². The van der Waals surface area contributed by atoms with Gasteiger partial charge in [0.2, 0.25) is 5.71 Å². The van der Waals surface area contributed by atoms with Crippen molar-refractivity contribution < 1.29 is 22.9 Å². The van der Waals surface area contributed by atoms with E-state index in [2.05, 4.69) is 5.10 Å². The van der Waals surface area contributed by atoms with Gasteiger partial charge in [-0.05, 0) is 42.0 Å². The van der Waals surface area contributed by atoms with E-state index in [9.17, 15) is 17.8 Å². The summed E-state index contributed by atoms with van der Waals surface area (Å²) >= 11 is 0. The molecular weight excluding hydrogens is 380 g/mol. The van der Waals surface area contributed by atoms with Crippen LogP contribution >= 0.6 is 0 Å². The van der Waals surface area contributed by atoms with Crippen LogP contribution in [0, 0.1) is 0 Å². The molecular formula is C19H20N4O4S. The molecule has 3 rings (SSSR count). The van der Waals surface area contributed by atoms with E-state index in [1.54, 1.807) is 13.0 Å². The predicted octanol–water partition coefficient (Wildman–Crippen LogP) is 0.126. The summed E-state index contributed by atoms with van der Waals surface area (Å²) in [5.41, 5.74) is 8.53. The predicted molar refractivity (Wildman–Crippen MR) is 107 cm³/mol. The molecule has 8 nitrogen and oxygen atoms in total. The third-order valence-corrected chi connectivity index (χ3v) is 5.25. The van der Waals surface area contributed by atoms with Crippen LogP contribution < -0.4 is 20.7 Å². The normalized spacial score (nSPS) is 15.9. The zero-order valence-corrected chi connectivity index (χ0v) is 16.4. The molecule has 0 spiro atoms. The van der Waals surface area contributed by atoms with Crippen molar-refractivity contribution in [3.63, 3.8) is 0 Å². The summed E-state index contributed by atoms with van der Waals surface area (Å²) in [5.74, 6) is -0.367. The van der Waals surface area contributed by atoms with Crippen molar-refractivity contribution in [2.45, 2.75) is 11.8 Å². The van der Waals surface area contributed by atoms with Gasteiger partial charge in [-0.1, -0.05) is 17.1 Å². The summed E-state index contributed by atoms with van der Waals surface area (Å²) in [5, 5.41) is 4.09. The fourth-order valence-corrected chi connectivity index (χ4v) is 3.45. The van der Waals surface area contributed by atoms with Gasteiger partial charge in [0.1, 0.15) is 21.4 Å². The minimum absolute atomic E-state index is 0.164. The van der Waals surface area contributed by atoms with Gasteiger partial charge in [0.25, 0.3) is 0 Å². The molecule has 1 aliphatic heterocycles. The number of amides is 1. The average molecular weight is 400 g/mol. The van der Waals surface area contributed by atoms with Crippen LogP contribution in [0.25, 0.3) is 6.08 Å². The number of nitrogens with one attached hydrogen (secondary N) is 1. The lowest BCUT2D eigenvalue weighted by Gasteiger charge is -2.13. The SMILES string of the molecule is CC1=[NH+]N(c2ccc(N)c(S(=O)(=O)[O-])c2)C(=O)/C1=C\c1ccc(N(C)C)cc1. The van der Waals surface area contributed by atoms with Gasteiger partial charge in [-0.3, -0.25) is 4.79 Å². The number of hydrazone groups is 1. The second kappa shape index (κ2) is 7.10. The topological polar surface area (TPSA) is 121 Å². The monoisotopic (exact) mass is 400 g/mol. The van der Waals surface area contributed by atoms with E-state index in [1.165, 1.54) is 17.1 Å². The number of hydrogen-bond acceptors (Lipinski definition) is 6. The van der Waals surface area contributed by atoms with Gasteiger partial charge in [-0.2, -0.15) is 0 Å². The highest BCUT2D eigenvalue weighted by molar-refractivity contribution is 7.86. The third kappa shape index (κ3) is 3.75. The molecule has 0 saturated carbocycles. The maximum absolute atomic E-state index is 12.8. The number of nitrogens with two attached hydrogens (primary N) is 1. The minimum atomic E-state index is -4.76. The van der Waals surface area contributed by atoms with Gasteiger partial charge in [-0.25, -0.2) is 8.42 Å². The molecule has 0 aromatic heterocycles. The van der Waals surface area contributed by atoms with Gasteiger partial charge < -0.3 is 15.2 Å². The molecule has 0 saturated heterocycles. The number of carbonyl (C=O) groups is 1. The fraction of sp³-hybridized carbons (Fsp3) is 0.158. The fourth-order valence-electron chi connectivity index (χ4n) is 2.83. The highest BCUT2D eigenvalue weighted by Gasteiger charge is 2.35. The Morgan fingerprint density at radius 2 is 1.79 bits per heavy atom. The molecule has 2 aromatic rings. The number of rotatable bonds is 4. The lowest BCUT2D eigenvalue weighted by atomic mass is 10.1. The van der Waals surface area contributed by atoms with E-state index >= 15 is 0 Å². The van der Waals surface area contributed by atoms with Crippen molar-refractivity contribution in [1.82, 2.24) is 0 Å².